The van der Waals surface area contributed by atoms with Crippen molar-refractivity contribution >= 4 is 34.6 Å². The number of carbonyl (C=O) groups is 1. The minimum absolute atomic E-state index is 0.0409. The van der Waals surface area contributed by atoms with Gasteiger partial charge in [0, 0.05) is 19.1 Å². The summed E-state index contributed by atoms with van der Waals surface area (Å²) in [5.41, 5.74) is 1.33. The molecule has 4 aliphatic rings. The van der Waals surface area contributed by atoms with Gasteiger partial charge in [-0.2, -0.15) is 0 Å². The number of benzene rings is 1. The van der Waals surface area contributed by atoms with Gasteiger partial charge in [-0.05, 0) is 61.2 Å². The Morgan fingerprint density at radius 2 is 1.70 bits per heavy atom. The first-order valence-corrected chi connectivity index (χ1v) is 13.4. The number of aliphatic imine (C=N–C) groups is 1. The lowest BCUT2D eigenvalue weighted by molar-refractivity contribution is -0.124. The van der Waals surface area contributed by atoms with E-state index in [9.17, 15) is 9.18 Å². The third-order valence-electron chi connectivity index (χ3n) is 7.27. The normalized spacial score (nSPS) is 26.0. The van der Waals surface area contributed by atoms with E-state index in [0.717, 1.165) is 36.4 Å². The quantitative estimate of drug-likeness (QED) is 0.536. The van der Waals surface area contributed by atoms with Crippen LogP contribution in [0.15, 0.2) is 28.1 Å². The van der Waals surface area contributed by atoms with Gasteiger partial charge in [-0.1, -0.05) is 44.6 Å². The molecule has 178 valence electrons. The molecule has 7 heteroatoms. The lowest BCUT2D eigenvalue weighted by Crippen LogP contribution is -2.41. The van der Waals surface area contributed by atoms with Crippen LogP contribution >= 0.6 is 11.8 Å². The van der Waals surface area contributed by atoms with Crippen molar-refractivity contribution < 1.29 is 13.9 Å². The molecule has 2 heterocycles. The van der Waals surface area contributed by atoms with Crippen molar-refractivity contribution in [2.24, 2.45) is 4.99 Å². The lowest BCUT2D eigenvalue weighted by atomic mass is 9.94. The number of ether oxygens (including phenoxy) is 1. The first kappa shape index (κ1) is 22.9. The molecule has 0 radical (unpaired) electrons. The van der Waals surface area contributed by atoms with Gasteiger partial charge in [0.15, 0.2) is 5.17 Å². The summed E-state index contributed by atoms with van der Waals surface area (Å²) >= 11 is 1.49. The highest BCUT2D eigenvalue weighted by Gasteiger charge is 2.39. The van der Waals surface area contributed by atoms with Crippen molar-refractivity contribution in [3.05, 3.63) is 34.5 Å². The van der Waals surface area contributed by atoms with Crippen LogP contribution in [0.3, 0.4) is 0 Å². The molecule has 2 saturated carbocycles. The third kappa shape index (κ3) is 5.29. The summed E-state index contributed by atoms with van der Waals surface area (Å²) in [6.07, 6.45) is 13.5. The smallest absolute Gasteiger partial charge is 0.266 e. The lowest BCUT2D eigenvalue weighted by Gasteiger charge is -2.31. The first-order chi connectivity index (χ1) is 16.2. The van der Waals surface area contributed by atoms with Crippen molar-refractivity contribution in [3.63, 3.8) is 0 Å². The number of amidine groups is 1. The number of morpholine rings is 1. The molecule has 5 nitrogen and oxygen atoms in total. The number of carbonyl (C=O) groups excluding carboxylic acids is 1. The van der Waals surface area contributed by atoms with Crippen molar-refractivity contribution in [2.45, 2.75) is 76.3 Å². The van der Waals surface area contributed by atoms with E-state index in [1.54, 1.807) is 6.07 Å². The van der Waals surface area contributed by atoms with Crippen LogP contribution in [-0.4, -0.2) is 54.4 Å². The van der Waals surface area contributed by atoms with Crippen LogP contribution in [0.2, 0.25) is 0 Å². The Morgan fingerprint density at radius 1 is 1.00 bits per heavy atom. The van der Waals surface area contributed by atoms with Gasteiger partial charge >= 0.3 is 0 Å². The first-order valence-electron chi connectivity index (χ1n) is 12.6. The predicted octanol–water partition coefficient (Wildman–Crippen LogP) is 5.60. The van der Waals surface area contributed by atoms with Crippen LogP contribution < -0.4 is 4.90 Å². The Morgan fingerprint density at radius 3 is 2.39 bits per heavy atom. The maximum absolute atomic E-state index is 14.9. The number of hydrogen-bond donors (Lipinski definition) is 0. The molecule has 33 heavy (non-hydrogen) atoms. The second-order valence-corrected chi connectivity index (χ2v) is 10.6. The van der Waals surface area contributed by atoms with E-state index < -0.39 is 0 Å². The van der Waals surface area contributed by atoms with E-state index in [-0.39, 0.29) is 17.8 Å². The van der Waals surface area contributed by atoms with Crippen LogP contribution in [0.4, 0.5) is 10.1 Å². The number of rotatable bonds is 4. The number of amides is 1. The van der Waals surface area contributed by atoms with Crippen molar-refractivity contribution in [3.8, 4) is 0 Å². The maximum atomic E-state index is 14.9. The fourth-order valence-electron chi connectivity index (χ4n) is 5.43. The van der Waals surface area contributed by atoms with Gasteiger partial charge in [-0.25, -0.2) is 4.39 Å². The summed E-state index contributed by atoms with van der Waals surface area (Å²) in [4.78, 5) is 23.2. The van der Waals surface area contributed by atoms with Crippen LogP contribution in [0.25, 0.3) is 6.08 Å². The molecule has 0 atom stereocenters. The summed E-state index contributed by atoms with van der Waals surface area (Å²) in [5, 5.41) is 0.871. The standard InChI is InChI=1S/C26H34FN3O2S/c27-22-17-19(11-12-23(22)29-13-15-32-16-14-29)18-24-25(31)30(21-9-5-2-6-10-21)26(33-24)28-20-7-3-1-4-8-20/h11-12,17-18,20-21H,1-10,13-16H2/b24-18-,28-26?. The van der Waals surface area contributed by atoms with Gasteiger partial charge in [-0.3, -0.25) is 14.7 Å². The minimum Gasteiger partial charge on any atom is -0.378 e. The molecule has 4 fully saturated rings. The zero-order chi connectivity index (χ0) is 22.6. The molecule has 2 aliphatic carbocycles. The Labute approximate surface area is 200 Å². The molecule has 0 bridgehead atoms. The molecule has 1 aromatic carbocycles. The fraction of sp³-hybridized carbons (Fsp3) is 0.615. The van der Waals surface area contributed by atoms with Crippen molar-refractivity contribution in [2.75, 3.05) is 31.2 Å². The molecule has 0 spiro atoms. The fourth-order valence-corrected chi connectivity index (χ4v) is 6.54. The van der Waals surface area contributed by atoms with E-state index in [0.29, 0.717) is 42.9 Å². The van der Waals surface area contributed by atoms with E-state index in [2.05, 4.69) is 0 Å². The largest absolute Gasteiger partial charge is 0.378 e. The van der Waals surface area contributed by atoms with Gasteiger partial charge in [0.1, 0.15) is 5.82 Å². The SMILES string of the molecule is O=C1/C(=C/c2ccc(N3CCOCC3)c(F)c2)SC(=NC2CCCCC2)N1C1CCCCC1. The molecule has 0 unspecified atom stereocenters. The van der Waals surface area contributed by atoms with Crippen molar-refractivity contribution in [1.82, 2.24) is 4.90 Å². The highest BCUT2D eigenvalue weighted by Crippen LogP contribution is 2.38. The molecule has 1 amide bonds. The third-order valence-corrected chi connectivity index (χ3v) is 8.26. The number of anilines is 1. The van der Waals surface area contributed by atoms with Gasteiger partial charge in [0.25, 0.3) is 5.91 Å². The molecule has 0 N–H and O–H groups in total. The second kappa shape index (κ2) is 10.6. The van der Waals surface area contributed by atoms with Gasteiger partial charge in [0.05, 0.1) is 29.8 Å². The Bertz CT molecular complexity index is 916. The predicted molar refractivity (Wildman–Crippen MR) is 133 cm³/mol. The number of hydrogen-bond acceptors (Lipinski definition) is 5. The average Bonchev–Trinajstić information content (AvgIpc) is 3.15. The molecular weight excluding hydrogens is 437 g/mol. The zero-order valence-corrected chi connectivity index (χ0v) is 20.1. The maximum Gasteiger partial charge on any atom is 0.266 e. The zero-order valence-electron chi connectivity index (χ0n) is 19.3. The Kier molecular flexibility index (Phi) is 7.36. The summed E-state index contributed by atoms with van der Waals surface area (Å²) in [7, 11) is 0. The Balaban J connectivity index is 1.39. The number of thioether (sulfide) groups is 1. The number of nitrogens with zero attached hydrogens (tertiary/aromatic N) is 3. The Hall–Kier alpha value is -1.86. The highest BCUT2D eigenvalue weighted by molar-refractivity contribution is 8.18. The van der Waals surface area contributed by atoms with E-state index >= 15 is 0 Å². The monoisotopic (exact) mass is 471 g/mol. The molecule has 2 saturated heterocycles. The van der Waals surface area contributed by atoms with E-state index in [4.69, 9.17) is 9.73 Å². The number of halogens is 1. The van der Waals surface area contributed by atoms with Crippen molar-refractivity contribution in [1.29, 1.82) is 0 Å². The summed E-state index contributed by atoms with van der Waals surface area (Å²) in [6, 6.07) is 5.85. The van der Waals surface area contributed by atoms with Gasteiger partial charge < -0.3 is 9.64 Å². The van der Waals surface area contributed by atoms with Crippen LogP contribution in [0.1, 0.15) is 69.8 Å². The van der Waals surface area contributed by atoms with E-state index in [1.807, 2.05) is 28.0 Å². The molecule has 1 aromatic rings. The molecule has 5 rings (SSSR count). The summed E-state index contributed by atoms with van der Waals surface area (Å²) in [6.45, 7) is 2.64. The van der Waals surface area contributed by atoms with Crippen LogP contribution in [0, 0.1) is 5.82 Å². The molecule has 2 aliphatic heterocycles. The van der Waals surface area contributed by atoms with E-state index in [1.165, 1.54) is 50.3 Å². The topological polar surface area (TPSA) is 45.1 Å². The summed E-state index contributed by atoms with van der Waals surface area (Å²) < 4.78 is 20.3. The van der Waals surface area contributed by atoms with Crippen LogP contribution in [-0.2, 0) is 9.53 Å². The van der Waals surface area contributed by atoms with Gasteiger partial charge in [0.2, 0.25) is 0 Å². The second-order valence-electron chi connectivity index (χ2n) is 9.59. The van der Waals surface area contributed by atoms with Crippen LogP contribution in [0.5, 0.6) is 0 Å². The highest BCUT2D eigenvalue weighted by atomic mass is 32.2. The molecule has 0 aromatic heterocycles. The molecular formula is C26H34FN3O2S. The minimum atomic E-state index is -0.248. The average molecular weight is 472 g/mol. The summed E-state index contributed by atoms with van der Waals surface area (Å²) in [5.74, 6) is -0.207. The van der Waals surface area contributed by atoms with Gasteiger partial charge in [-0.15, -0.1) is 0 Å².